The highest BCUT2D eigenvalue weighted by atomic mass is 16.5. The highest BCUT2D eigenvalue weighted by Crippen LogP contribution is 2.39. The van der Waals surface area contributed by atoms with Crippen LogP contribution in [-0.2, 0) is 11.3 Å². The Morgan fingerprint density at radius 3 is 2.23 bits per heavy atom. The fraction of sp³-hybridized carbons (Fsp3) is 0.645. The van der Waals surface area contributed by atoms with Crippen LogP contribution in [0.2, 0.25) is 0 Å². The molecule has 8 nitrogen and oxygen atoms in total. The Balaban J connectivity index is 2.32. The molecule has 1 aromatic heterocycles. The van der Waals surface area contributed by atoms with E-state index in [2.05, 4.69) is 45.3 Å². The number of hydrogen-bond donors (Lipinski definition) is 2. The summed E-state index contributed by atoms with van der Waals surface area (Å²) in [4.78, 5) is 26.1. The number of nitrogens with one attached hydrogen (secondary N) is 2. The number of benzene rings is 1. The molecule has 0 aliphatic heterocycles. The predicted molar refractivity (Wildman–Crippen MR) is 157 cm³/mol. The third-order valence-corrected chi connectivity index (χ3v) is 7.16. The molecule has 0 unspecified atom stereocenters. The standard InChI is InChI=1S/C31H50N4O4/c1-8-11-12-13-17-32-29(36)19-24(18-22(4)5)33-31(37)25-20-26(35(34-25)21-23(9-2)10-3)30-27(38-6)15-14-16-28(30)39-7/h14-16,20,22-24H,8-13,17-19,21H2,1-7H3,(H,32,36)(H,33,37)/t24-/m0/s1. The van der Waals surface area contributed by atoms with Crippen molar-refractivity contribution < 1.29 is 19.1 Å². The number of methoxy groups -OCH3 is 2. The van der Waals surface area contributed by atoms with E-state index in [1.165, 1.54) is 6.42 Å². The van der Waals surface area contributed by atoms with Crippen molar-refractivity contribution in [1.29, 1.82) is 0 Å². The van der Waals surface area contributed by atoms with Gasteiger partial charge >= 0.3 is 0 Å². The molecule has 8 heteroatoms. The summed E-state index contributed by atoms with van der Waals surface area (Å²) in [5.41, 5.74) is 1.85. The first-order chi connectivity index (χ1) is 18.8. The molecule has 2 rings (SSSR count). The second-order valence-corrected chi connectivity index (χ2v) is 10.7. The summed E-state index contributed by atoms with van der Waals surface area (Å²) < 4.78 is 13.2. The Labute approximate surface area is 235 Å². The Kier molecular flexibility index (Phi) is 13.9. The average molecular weight is 543 g/mol. The van der Waals surface area contributed by atoms with Crippen LogP contribution in [0.3, 0.4) is 0 Å². The van der Waals surface area contributed by atoms with Gasteiger partial charge in [0.25, 0.3) is 5.91 Å². The van der Waals surface area contributed by atoms with E-state index in [-0.39, 0.29) is 24.3 Å². The molecule has 2 N–H and O–H groups in total. The van der Waals surface area contributed by atoms with Crippen LogP contribution in [0.4, 0.5) is 0 Å². The molecule has 0 aliphatic rings. The minimum atomic E-state index is -0.283. The lowest BCUT2D eigenvalue weighted by Gasteiger charge is -2.20. The zero-order chi connectivity index (χ0) is 28.8. The highest BCUT2D eigenvalue weighted by Gasteiger charge is 2.25. The number of aromatic nitrogens is 2. The number of ether oxygens (including phenoxy) is 2. The maximum Gasteiger partial charge on any atom is 0.272 e. The predicted octanol–water partition coefficient (Wildman–Crippen LogP) is 6.23. The van der Waals surface area contributed by atoms with Crippen LogP contribution in [0.5, 0.6) is 11.5 Å². The normalized spacial score (nSPS) is 12.0. The second kappa shape index (κ2) is 16.8. The molecule has 1 heterocycles. The van der Waals surface area contributed by atoms with Crippen LogP contribution >= 0.6 is 0 Å². The van der Waals surface area contributed by atoms with Gasteiger partial charge in [0.05, 0.1) is 25.5 Å². The van der Waals surface area contributed by atoms with Crippen LogP contribution < -0.4 is 20.1 Å². The molecule has 2 amide bonds. The molecular formula is C31H50N4O4. The van der Waals surface area contributed by atoms with Crippen molar-refractivity contribution >= 4 is 11.8 Å². The van der Waals surface area contributed by atoms with Crippen molar-refractivity contribution in [2.75, 3.05) is 20.8 Å². The van der Waals surface area contributed by atoms with Gasteiger partial charge in [-0.25, -0.2) is 0 Å². The van der Waals surface area contributed by atoms with Crippen LogP contribution in [-0.4, -0.2) is 48.4 Å². The van der Waals surface area contributed by atoms with Gasteiger partial charge in [-0.3, -0.25) is 14.3 Å². The minimum absolute atomic E-state index is 0.0313. The topological polar surface area (TPSA) is 94.5 Å². The van der Waals surface area contributed by atoms with Gasteiger partial charge in [-0.15, -0.1) is 0 Å². The van der Waals surface area contributed by atoms with Crippen LogP contribution in [0, 0.1) is 11.8 Å². The molecule has 0 aliphatic carbocycles. The molecule has 0 saturated carbocycles. The Bertz CT molecular complexity index is 1010. The third kappa shape index (κ3) is 9.90. The SMILES string of the molecule is CCCCCCNC(=O)C[C@H](CC(C)C)NC(=O)c1cc(-c2c(OC)cccc2OC)n(CC(CC)CC)n1. The van der Waals surface area contributed by atoms with Gasteiger partial charge in [-0.05, 0) is 42.9 Å². The lowest BCUT2D eigenvalue weighted by Crippen LogP contribution is -2.40. The monoisotopic (exact) mass is 542 g/mol. The molecule has 218 valence electrons. The minimum Gasteiger partial charge on any atom is -0.496 e. The number of unbranched alkanes of at least 4 members (excludes halogenated alkanes) is 3. The van der Waals surface area contributed by atoms with E-state index in [0.29, 0.717) is 48.5 Å². The van der Waals surface area contributed by atoms with Gasteiger partial charge in [0.1, 0.15) is 11.5 Å². The number of hydrogen-bond acceptors (Lipinski definition) is 5. The maximum absolute atomic E-state index is 13.5. The van der Waals surface area contributed by atoms with E-state index in [9.17, 15) is 9.59 Å². The zero-order valence-electron chi connectivity index (χ0n) is 25.1. The fourth-order valence-corrected chi connectivity index (χ4v) is 4.86. The molecule has 0 radical (unpaired) electrons. The fourth-order valence-electron chi connectivity index (χ4n) is 4.86. The second-order valence-electron chi connectivity index (χ2n) is 10.7. The van der Waals surface area contributed by atoms with E-state index in [0.717, 1.165) is 43.4 Å². The number of amides is 2. The average Bonchev–Trinajstić information content (AvgIpc) is 3.34. The van der Waals surface area contributed by atoms with E-state index in [1.54, 1.807) is 20.3 Å². The summed E-state index contributed by atoms with van der Waals surface area (Å²) in [5, 5.41) is 10.9. The van der Waals surface area contributed by atoms with E-state index < -0.39 is 0 Å². The summed E-state index contributed by atoms with van der Waals surface area (Å²) in [6.07, 6.45) is 7.39. The number of rotatable bonds is 18. The van der Waals surface area contributed by atoms with Crippen molar-refractivity contribution in [3.63, 3.8) is 0 Å². The molecule has 2 aromatic rings. The molecule has 1 aromatic carbocycles. The summed E-state index contributed by atoms with van der Waals surface area (Å²) in [7, 11) is 3.25. The van der Waals surface area contributed by atoms with Gasteiger partial charge in [0, 0.05) is 25.6 Å². The Hall–Kier alpha value is -3.03. The van der Waals surface area contributed by atoms with Crippen LogP contribution in [0.15, 0.2) is 24.3 Å². The molecule has 1 atom stereocenters. The van der Waals surface area contributed by atoms with Gasteiger partial charge in [-0.2, -0.15) is 5.10 Å². The van der Waals surface area contributed by atoms with Crippen molar-refractivity contribution in [3.05, 3.63) is 30.0 Å². The number of carbonyl (C=O) groups is 2. The zero-order valence-corrected chi connectivity index (χ0v) is 25.1. The molecule has 0 spiro atoms. The van der Waals surface area contributed by atoms with Crippen molar-refractivity contribution in [1.82, 2.24) is 20.4 Å². The van der Waals surface area contributed by atoms with Crippen LogP contribution in [0.1, 0.15) is 96.5 Å². The third-order valence-electron chi connectivity index (χ3n) is 7.16. The highest BCUT2D eigenvalue weighted by molar-refractivity contribution is 5.94. The van der Waals surface area contributed by atoms with Crippen LogP contribution in [0.25, 0.3) is 11.3 Å². The van der Waals surface area contributed by atoms with Crippen molar-refractivity contribution in [3.8, 4) is 22.8 Å². The first kappa shape index (κ1) is 32.2. The van der Waals surface area contributed by atoms with Crippen molar-refractivity contribution in [2.24, 2.45) is 11.8 Å². The molecule has 0 saturated heterocycles. The lowest BCUT2D eigenvalue weighted by molar-refractivity contribution is -0.121. The largest absolute Gasteiger partial charge is 0.496 e. The van der Waals surface area contributed by atoms with Crippen molar-refractivity contribution in [2.45, 2.75) is 98.6 Å². The Morgan fingerprint density at radius 2 is 1.67 bits per heavy atom. The summed E-state index contributed by atoms with van der Waals surface area (Å²) in [6.45, 7) is 12.0. The molecular weight excluding hydrogens is 492 g/mol. The smallest absolute Gasteiger partial charge is 0.272 e. The van der Waals surface area contributed by atoms with Gasteiger partial charge < -0.3 is 20.1 Å². The molecule has 0 fully saturated rings. The number of carbonyl (C=O) groups excluding carboxylic acids is 2. The summed E-state index contributed by atoms with van der Waals surface area (Å²) >= 11 is 0. The van der Waals surface area contributed by atoms with Gasteiger partial charge in [-0.1, -0.05) is 72.8 Å². The Morgan fingerprint density at radius 1 is 1.00 bits per heavy atom. The lowest BCUT2D eigenvalue weighted by atomic mass is 10.0. The van der Waals surface area contributed by atoms with E-state index in [1.807, 2.05) is 22.9 Å². The number of nitrogens with zero attached hydrogens (tertiary/aromatic N) is 2. The summed E-state index contributed by atoms with van der Waals surface area (Å²) in [5.74, 6) is 1.73. The van der Waals surface area contributed by atoms with Gasteiger partial charge in [0.15, 0.2) is 5.69 Å². The molecule has 39 heavy (non-hydrogen) atoms. The quantitative estimate of drug-likeness (QED) is 0.218. The first-order valence-electron chi connectivity index (χ1n) is 14.6. The van der Waals surface area contributed by atoms with Gasteiger partial charge in [0.2, 0.25) is 5.91 Å². The first-order valence-corrected chi connectivity index (χ1v) is 14.6. The molecule has 0 bridgehead atoms. The summed E-state index contributed by atoms with van der Waals surface area (Å²) in [6, 6.07) is 7.17. The van der Waals surface area contributed by atoms with E-state index >= 15 is 0 Å². The maximum atomic E-state index is 13.5. The van der Waals surface area contributed by atoms with E-state index in [4.69, 9.17) is 14.6 Å².